The van der Waals surface area contributed by atoms with Crippen LogP contribution in [0, 0.1) is 5.82 Å². The summed E-state index contributed by atoms with van der Waals surface area (Å²) in [4.78, 5) is 28.8. The first-order chi connectivity index (χ1) is 17.3. The van der Waals surface area contributed by atoms with Crippen LogP contribution in [0.25, 0.3) is 0 Å². The lowest BCUT2D eigenvalue weighted by atomic mass is 10.1. The summed E-state index contributed by atoms with van der Waals surface area (Å²) in [5, 5.41) is 7.16. The molecule has 3 aromatic rings. The van der Waals surface area contributed by atoms with E-state index in [1.54, 1.807) is 0 Å². The molecule has 0 aliphatic carbocycles. The Labute approximate surface area is 204 Å². The summed E-state index contributed by atoms with van der Waals surface area (Å²) in [6.07, 6.45) is -8.16. The van der Waals surface area contributed by atoms with Crippen LogP contribution in [0.2, 0.25) is 0 Å². The highest BCUT2D eigenvalue weighted by atomic mass is 19.4. The SMILES string of the molecule is O=C(Nc1ccc(Nc2ccnc3c2CN(CC(F)(F)F)C(=O)N3)c(F)c1)c1ccccc1C(F)(F)F. The second-order valence-electron chi connectivity index (χ2n) is 7.90. The van der Waals surface area contributed by atoms with Crippen LogP contribution in [0.1, 0.15) is 21.5 Å². The monoisotopic (exact) mass is 527 g/mol. The van der Waals surface area contributed by atoms with Gasteiger partial charge in [0.25, 0.3) is 5.91 Å². The molecule has 14 heteroatoms. The van der Waals surface area contributed by atoms with Gasteiger partial charge in [-0.3, -0.25) is 10.1 Å². The van der Waals surface area contributed by atoms with Gasteiger partial charge < -0.3 is 15.5 Å². The Morgan fingerprint density at radius 2 is 1.76 bits per heavy atom. The minimum Gasteiger partial charge on any atom is -0.353 e. The van der Waals surface area contributed by atoms with E-state index in [9.17, 15) is 40.3 Å². The Kier molecular flexibility index (Phi) is 6.67. The predicted molar refractivity (Wildman–Crippen MR) is 119 cm³/mol. The van der Waals surface area contributed by atoms with E-state index in [4.69, 9.17) is 0 Å². The first kappa shape index (κ1) is 25.7. The maximum Gasteiger partial charge on any atom is 0.417 e. The number of halogens is 7. The Morgan fingerprint density at radius 3 is 2.43 bits per heavy atom. The van der Waals surface area contributed by atoms with E-state index in [1.165, 1.54) is 30.5 Å². The molecule has 2 heterocycles. The number of carbonyl (C=O) groups is 2. The van der Waals surface area contributed by atoms with E-state index in [-0.39, 0.29) is 28.4 Å². The number of rotatable bonds is 5. The van der Waals surface area contributed by atoms with Gasteiger partial charge >= 0.3 is 18.4 Å². The van der Waals surface area contributed by atoms with Gasteiger partial charge in [-0.25, -0.2) is 14.2 Å². The smallest absolute Gasteiger partial charge is 0.353 e. The average Bonchev–Trinajstić information content (AvgIpc) is 2.80. The van der Waals surface area contributed by atoms with E-state index in [0.29, 0.717) is 4.90 Å². The number of anilines is 4. The van der Waals surface area contributed by atoms with Crippen molar-refractivity contribution < 1.29 is 40.3 Å². The summed E-state index contributed by atoms with van der Waals surface area (Å²) in [5.41, 5.74) is -1.75. The van der Waals surface area contributed by atoms with Gasteiger partial charge in [-0.1, -0.05) is 12.1 Å². The molecule has 1 aliphatic heterocycles. The van der Waals surface area contributed by atoms with Crippen molar-refractivity contribution in [1.29, 1.82) is 0 Å². The fourth-order valence-corrected chi connectivity index (χ4v) is 3.63. The van der Waals surface area contributed by atoms with Crippen molar-refractivity contribution in [1.82, 2.24) is 9.88 Å². The number of fused-ring (bicyclic) bond motifs is 1. The van der Waals surface area contributed by atoms with Crippen LogP contribution >= 0.6 is 0 Å². The summed E-state index contributed by atoms with van der Waals surface area (Å²) in [7, 11) is 0. The van der Waals surface area contributed by atoms with Crippen molar-refractivity contribution in [2.24, 2.45) is 0 Å². The van der Waals surface area contributed by atoms with E-state index < -0.39 is 54.3 Å². The minimum absolute atomic E-state index is 0.000969. The number of nitrogens with one attached hydrogen (secondary N) is 3. The van der Waals surface area contributed by atoms with Crippen LogP contribution in [0.4, 0.5) is 58.4 Å². The minimum atomic E-state index is -4.77. The van der Waals surface area contributed by atoms with Gasteiger partial charge in [0.15, 0.2) is 0 Å². The van der Waals surface area contributed by atoms with Crippen molar-refractivity contribution in [3.05, 3.63) is 77.2 Å². The lowest BCUT2D eigenvalue weighted by Crippen LogP contribution is -2.44. The largest absolute Gasteiger partial charge is 0.417 e. The zero-order valence-corrected chi connectivity index (χ0v) is 18.5. The molecule has 37 heavy (non-hydrogen) atoms. The molecule has 0 atom stereocenters. The molecule has 0 bridgehead atoms. The molecule has 194 valence electrons. The maximum atomic E-state index is 14.8. The first-order valence-electron chi connectivity index (χ1n) is 10.5. The molecule has 3 amide bonds. The molecule has 1 aromatic heterocycles. The normalized spacial score (nSPS) is 13.6. The molecular formula is C23H16F7N5O2. The number of pyridine rings is 1. The zero-order chi connectivity index (χ0) is 27.0. The number of aromatic nitrogens is 1. The predicted octanol–water partition coefficient (Wildman–Crippen LogP) is 6.15. The molecule has 2 aromatic carbocycles. The second kappa shape index (κ2) is 9.59. The van der Waals surface area contributed by atoms with Gasteiger partial charge in [0.2, 0.25) is 0 Å². The molecule has 1 aliphatic rings. The highest BCUT2D eigenvalue weighted by Gasteiger charge is 2.37. The summed E-state index contributed by atoms with van der Waals surface area (Å²) in [6, 6.07) is 7.76. The highest BCUT2D eigenvalue weighted by Crippen LogP contribution is 2.34. The number of carbonyl (C=O) groups excluding carboxylic acids is 2. The number of urea groups is 1. The van der Waals surface area contributed by atoms with E-state index >= 15 is 0 Å². The summed E-state index contributed by atoms with van der Waals surface area (Å²) in [6.45, 7) is -1.96. The summed E-state index contributed by atoms with van der Waals surface area (Å²) < 4.78 is 92.8. The lowest BCUT2D eigenvalue weighted by Gasteiger charge is -2.30. The third-order valence-corrected chi connectivity index (χ3v) is 5.26. The number of benzene rings is 2. The number of amides is 3. The fraction of sp³-hybridized carbons (Fsp3) is 0.174. The Morgan fingerprint density at radius 1 is 1.03 bits per heavy atom. The topological polar surface area (TPSA) is 86.4 Å². The van der Waals surface area contributed by atoms with E-state index in [0.717, 1.165) is 24.3 Å². The molecule has 0 saturated heterocycles. The number of hydrogen-bond donors (Lipinski definition) is 3. The maximum absolute atomic E-state index is 14.8. The number of nitrogens with zero attached hydrogens (tertiary/aromatic N) is 2. The molecule has 4 rings (SSSR count). The van der Waals surface area contributed by atoms with Gasteiger partial charge in [0, 0.05) is 23.1 Å². The Hall–Kier alpha value is -4.36. The highest BCUT2D eigenvalue weighted by molar-refractivity contribution is 6.05. The van der Waals surface area contributed by atoms with Crippen LogP contribution in [0.15, 0.2) is 54.7 Å². The zero-order valence-electron chi connectivity index (χ0n) is 18.5. The van der Waals surface area contributed by atoms with Gasteiger partial charge in [0.1, 0.15) is 18.2 Å². The quantitative estimate of drug-likeness (QED) is 0.348. The van der Waals surface area contributed by atoms with Crippen LogP contribution in [0.5, 0.6) is 0 Å². The number of hydrogen-bond acceptors (Lipinski definition) is 4. The van der Waals surface area contributed by atoms with Crippen molar-refractivity contribution in [2.45, 2.75) is 18.9 Å². The van der Waals surface area contributed by atoms with Crippen molar-refractivity contribution in [3.63, 3.8) is 0 Å². The standard InChI is InChI=1S/C23H16F7N5O2/c24-16-9-12(32-20(36)13-3-1-2-4-15(13)23(28,29)30)5-6-18(16)33-17-7-8-31-19-14(17)10-35(21(37)34-19)11-22(25,26)27/h1-9H,10-11H2,(H,32,36)(H2,31,33,34,37). The van der Waals surface area contributed by atoms with Crippen LogP contribution in [-0.4, -0.2) is 34.5 Å². The Bertz CT molecular complexity index is 1360. The van der Waals surface area contributed by atoms with Crippen molar-refractivity contribution in [3.8, 4) is 0 Å². The van der Waals surface area contributed by atoms with E-state index in [2.05, 4.69) is 20.9 Å². The fourth-order valence-electron chi connectivity index (χ4n) is 3.63. The molecule has 0 spiro atoms. The molecular weight excluding hydrogens is 511 g/mol. The van der Waals surface area contributed by atoms with Gasteiger partial charge in [0.05, 0.1) is 23.4 Å². The van der Waals surface area contributed by atoms with Crippen LogP contribution < -0.4 is 16.0 Å². The summed E-state index contributed by atoms with van der Waals surface area (Å²) >= 11 is 0. The van der Waals surface area contributed by atoms with Gasteiger partial charge in [-0.2, -0.15) is 26.3 Å². The lowest BCUT2D eigenvalue weighted by molar-refractivity contribution is -0.140. The third kappa shape index (κ3) is 5.90. The van der Waals surface area contributed by atoms with E-state index in [1.807, 2.05) is 0 Å². The van der Waals surface area contributed by atoms with Crippen molar-refractivity contribution >= 4 is 34.8 Å². The molecule has 0 radical (unpaired) electrons. The van der Waals surface area contributed by atoms with Crippen LogP contribution in [-0.2, 0) is 12.7 Å². The Balaban J connectivity index is 1.54. The summed E-state index contributed by atoms with van der Waals surface area (Å²) in [5.74, 6) is -2.02. The van der Waals surface area contributed by atoms with Gasteiger partial charge in [-0.05, 0) is 36.4 Å². The number of alkyl halides is 6. The van der Waals surface area contributed by atoms with Gasteiger partial charge in [-0.15, -0.1) is 0 Å². The molecule has 7 nitrogen and oxygen atoms in total. The molecule has 0 unspecified atom stereocenters. The molecule has 3 N–H and O–H groups in total. The third-order valence-electron chi connectivity index (χ3n) is 5.26. The second-order valence-corrected chi connectivity index (χ2v) is 7.90. The van der Waals surface area contributed by atoms with Crippen LogP contribution in [0.3, 0.4) is 0 Å². The average molecular weight is 527 g/mol. The molecule has 0 saturated carbocycles. The van der Waals surface area contributed by atoms with Crippen molar-refractivity contribution in [2.75, 3.05) is 22.5 Å². The molecule has 0 fully saturated rings. The first-order valence-corrected chi connectivity index (χ1v) is 10.5.